The van der Waals surface area contributed by atoms with Gasteiger partial charge in [0.15, 0.2) is 11.6 Å². The van der Waals surface area contributed by atoms with Gasteiger partial charge < -0.3 is 20.5 Å². The number of nitrogens with two attached hydrogens (primary N) is 1. The largest absolute Gasteiger partial charge is 0.494 e. The van der Waals surface area contributed by atoms with Crippen LogP contribution in [0.15, 0.2) is 12.1 Å². The number of aliphatic hydroxyl groups is 1. The van der Waals surface area contributed by atoms with Crippen LogP contribution in [0.3, 0.4) is 0 Å². The Bertz CT molecular complexity index is 358. The Morgan fingerprint density at radius 1 is 1.50 bits per heavy atom. The molecule has 0 bridgehead atoms. The van der Waals surface area contributed by atoms with Crippen LogP contribution in [0.2, 0.25) is 0 Å². The van der Waals surface area contributed by atoms with E-state index in [1.54, 1.807) is 6.07 Å². The zero-order valence-electron chi connectivity index (χ0n) is 9.53. The third kappa shape index (κ3) is 2.55. The highest BCUT2D eigenvalue weighted by Gasteiger charge is 2.12. The summed E-state index contributed by atoms with van der Waals surface area (Å²) in [7, 11) is 1.40. The van der Waals surface area contributed by atoms with Crippen molar-refractivity contribution in [3.05, 3.63) is 17.9 Å². The molecular weight excluding hydrogens is 211 g/mol. The van der Waals surface area contributed by atoms with Crippen molar-refractivity contribution in [1.29, 1.82) is 0 Å². The molecule has 0 aliphatic heterocycles. The molecule has 1 aromatic carbocycles. The first kappa shape index (κ1) is 12.6. The van der Waals surface area contributed by atoms with Gasteiger partial charge in [0.05, 0.1) is 25.1 Å². The molecule has 4 nitrogen and oxygen atoms in total. The lowest BCUT2D eigenvalue weighted by atomic mass is 10.2. The van der Waals surface area contributed by atoms with Gasteiger partial charge in [-0.25, -0.2) is 4.39 Å². The fraction of sp³-hybridized carbons (Fsp3) is 0.455. The molecular formula is C11H17FN2O2. The van der Waals surface area contributed by atoms with Crippen LogP contribution in [0.4, 0.5) is 15.8 Å². The number of methoxy groups -OCH3 is 1. The summed E-state index contributed by atoms with van der Waals surface area (Å²) >= 11 is 0. The van der Waals surface area contributed by atoms with Crippen LogP contribution in [-0.2, 0) is 0 Å². The molecule has 1 aromatic rings. The van der Waals surface area contributed by atoms with Crippen molar-refractivity contribution in [2.75, 3.05) is 37.4 Å². The first-order valence-electron chi connectivity index (χ1n) is 5.12. The second-order valence-corrected chi connectivity index (χ2v) is 3.35. The third-order valence-electron chi connectivity index (χ3n) is 2.39. The summed E-state index contributed by atoms with van der Waals surface area (Å²) in [6, 6.07) is 2.78. The van der Waals surface area contributed by atoms with E-state index < -0.39 is 5.82 Å². The van der Waals surface area contributed by atoms with Gasteiger partial charge >= 0.3 is 0 Å². The van der Waals surface area contributed by atoms with Gasteiger partial charge in [0.25, 0.3) is 0 Å². The Morgan fingerprint density at radius 3 is 2.69 bits per heavy atom. The van der Waals surface area contributed by atoms with E-state index >= 15 is 0 Å². The van der Waals surface area contributed by atoms with Gasteiger partial charge in [0, 0.05) is 25.2 Å². The van der Waals surface area contributed by atoms with Crippen LogP contribution < -0.4 is 15.4 Å². The summed E-state index contributed by atoms with van der Waals surface area (Å²) in [5.41, 5.74) is 6.75. The van der Waals surface area contributed by atoms with Crippen LogP contribution >= 0.6 is 0 Å². The van der Waals surface area contributed by atoms with Crippen LogP contribution in [0, 0.1) is 5.82 Å². The molecule has 0 aliphatic carbocycles. The van der Waals surface area contributed by atoms with Gasteiger partial charge in [-0.15, -0.1) is 0 Å². The van der Waals surface area contributed by atoms with Crippen LogP contribution in [0.25, 0.3) is 0 Å². The number of halogens is 1. The Labute approximate surface area is 94.4 Å². The maximum atomic E-state index is 13.3. The molecule has 0 atom stereocenters. The Kier molecular flexibility index (Phi) is 4.37. The average Bonchev–Trinajstić information content (AvgIpc) is 2.27. The average molecular weight is 228 g/mol. The third-order valence-corrected chi connectivity index (χ3v) is 2.39. The van der Waals surface area contributed by atoms with E-state index in [1.807, 2.05) is 11.8 Å². The van der Waals surface area contributed by atoms with Crippen molar-refractivity contribution in [1.82, 2.24) is 0 Å². The zero-order chi connectivity index (χ0) is 12.1. The predicted octanol–water partition coefficient (Wildman–Crippen LogP) is 1.24. The molecule has 0 amide bonds. The quantitative estimate of drug-likeness (QED) is 0.744. The van der Waals surface area contributed by atoms with E-state index in [0.717, 1.165) is 0 Å². The molecule has 0 aromatic heterocycles. The Balaban J connectivity index is 3.10. The number of benzene rings is 1. The lowest BCUT2D eigenvalue weighted by Crippen LogP contribution is -2.27. The minimum absolute atomic E-state index is 0.0208. The molecule has 0 radical (unpaired) electrons. The van der Waals surface area contributed by atoms with Crippen LogP contribution in [0.5, 0.6) is 5.75 Å². The van der Waals surface area contributed by atoms with Crippen molar-refractivity contribution in [2.24, 2.45) is 0 Å². The summed E-state index contributed by atoms with van der Waals surface area (Å²) < 4.78 is 18.2. The fourth-order valence-corrected chi connectivity index (χ4v) is 1.56. The standard InChI is InChI=1S/C11H17FN2O2/c1-3-14(4-5-15)10-7-11(16-2)8(12)6-9(10)13/h6-7,15H,3-5,13H2,1-2H3. The molecule has 16 heavy (non-hydrogen) atoms. The van der Waals surface area contributed by atoms with Gasteiger partial charge in [0.2, 0.25) is 0 Å². The monoisotopic (exact) mass is 228 g/mol. The van der Waals surface area contributed by atoms with Crippen molar-refractivity contribution in [3.8, 4) is 5.75 Å². The first-order chi connectivity index (χ1) is 7.63. The van der Waals surface area contributed by atoms with Gasteiger partial charge in [-0.3, -0.25) is 0 Å². The SMILES string of the molecule is CCN(CCO)c1cc(OC)c(F)cc1N. The lowest BCUT2D eigenvalue weighted by Gasteiger charge is -2.24. The predicted molar refractivity (Wildman–Crippen MR) is 62.3 cm³/mol. The number of likely N-dealkylation sites (N-methyl/N-ethyl adjacent to an activating group) is 1. The summed E-state index contributed by atoms with van der Waals surface area (Å²) in [5, 5.41) is 8.91. The second kappa shape index (κ2) is 5.55. The van der Waals surface area contributed by atoms with Crippen molar-refractivity contribution < 1.29 is 14.2 Å². The number of nitrogens with zero attached hydrogens (tertiary/aromatic N) is 1. The van der Waals surface area contributed by atoms with E-state index in [2.05, 4.69) is 0 Å². The number of ether oxygens (including phenoxy) is 1. The molecule has 5 heteroatoms. The van der Waals surface area contributed by atoms with E-state index in [4.69, 9.17) is 15.6 Å². The highest BCUT2D eigenvalue weighted by Crippen LogP contribution is 2.30. The fourth-order valence-electron chi connectivity index (χ4n) is 1.56. The van der Waals surface area contributed by atoms with Gasteiger partial charge in [0.1, 0.15) is 0 Å². The number of anilines is 2. The number of hydrogen-bond donors (Lipinski definition) is 2. The maximum absolute atomic E-state index is 13.3. The molecule has 0 aliphatic rings. The zero-order valence-corrected chi connectivity index (χ0v) is 9.53. The smallest absolute Gasteiger partial charge is 0.167 e. The first-order valence-corrected chi connectivity index (χ1v) is 5.12. The van der Waals surface area contributed by atoms with E-state index in [-0.39, 0.29) is 12.4 Å². The summed E-state index contributed by atoms with van der Waals surface area (Å²) in [5.74, 6) is -0.329. The van der Waals surface area contributed by atoms with Crippen LogP contribution in [-0.4, -0.2) is 31.9 Å². The molecule has 0 fully saturated rings. The molecule has 0 heterocycles. The van der Waals surface area contributed by atoms with Crippen LogP contribution in [0.1, 0.15) is 6.92 Å². The molecule has 0 spiro atoms. The number of rotatable bonds is 5. The molecule has 0 saturated carbocycles. The van der Waals surface area contributed by atoms with Gasteiger partial charge in [-0.05, 0) is 6.92 Å². The van der Waals surface area contributed by atoms with E-state index in [1.165, 1.54) is 13.2 Å². The van der Waals surface area contributed by atoms with Gasteiger partial charge in [-0.2, -0.15) is 0 Å². The lowest BCUT2D eigenvalue weighted by molar-refractivity contribution is 0.302. The summed E-state index contributed by atoms with van der Waals surface area (Å²) in [6.07, 6.45) is 0. The van der Waals surface area contributed by atoms with Gasteiger partial charge in [-0.1, -0.05) is 0 Å². The van der Waals surface area contributed by atoms with Crippen molar-refractivity contribution >= 4 is 11.4 Å². The number of hydrogen-bond acceptors (Lipinski definition) is 4. The molecule has 1 rings (SSSR count). The molecule has 90 valence electrons. The second-order valence-electron chi connectivity index (χ2n) is 3.35. The highest BCUT2D eigenvalue weighted by atomic mass is 19.1. The molecule has 3 N–H and O–H groups in total. The Morgan fingerprint density at radius 2 is 2.19 bits per heavy atom. The Hall–Kier alpha value is -1.49. The van der Waals surface area contributed by atoms with E-state index in [9.17, 15) is 4.39 Å². The van der Waals surface area contributed by atoms with Crippen molar-refractivity contribution in [2.45, 2.75) is 6.92 Å². The summed E-state index contributed by atoms with van der Waals surface area (Å²) in [6.45, 7) is 3.09. The minimum Gasteiger partial charge on any atom is -0.494 e. The highest BCUT2D eigenvalue weighted by molar-refractivity contribution is 5.70. The van der Waals surface area contributed by atoms with Crippen molar-refractivity contribution in [3.63, 3.8) is 0 Å². The minimum atomic E-state index is -0.483. The number of aliphatic hydroxyl groups excluding tert-OH is 1. The normalized spacial score (nSPS) is 10.2. The topological polar surface area (TPSA) is 58.7 Å². The molecule has 0 saturated heterocycles. The van der Waals surface area contributed by atoms with E-state index in [0.29, 0.717) is 24.5 Å². The summed E-state index contributed by atoms with van der Waals surface area (Å²) in [4.78, 5) is 1.86. The maximum Gasteiger partial charge on any atom is 0.167 e. The number of nitrogen functional groups attached to an aromatic ring is 1. The molecule has 0 unspecified atom stereocenters.